The van der Waals surface area contributed by atoms with Crippen molar-refractivity contribution >= 4 is 12.4 Å². The first-order chi connectivity index (χ1) is 6.56. The number of halogens is 1. The van der Waals surface area contributed by atoms with Crippen LogP contribution >= 0.6 is 12.4 Å². The fraction of sp³-hybridized carbons (Fsp3) is 0.545. The maximum atomic E-state index is 9.14. The summed E-state index contributed by atoms with van der Waals surface area (Å²) in [5.41, 5.74) is 6.72. The van der Waals surface area contributed by atoms with E-state index < -0.39 is 0 Å². The number of nitrogens with two attached hydrogens (primary N) is 1. The Morgan fingerprint density at radius 1 is 1.47 bits per heavy atom. The Balaban J connectivity index is 0.00000196. The fourth-order valence-corrected chi connectivity index (χ4v) is 1.14. The van der Waals surface area contributed by atoms with Crippen LogP contribution in [0.1, 0.15) is 19.5 Å². The smallest absolute Gasteiger partial charge is 0.0497 e. The Hall–Kier alpha value is -0.640. The molecule has 1 aromatic rings. The van der Waals surface area contributed by atoms with E-state index in [9.17, 15) is 0 Å². The zero-order valence-corrected chi connectivity index (χ0v) is 10.00. The van der Waals surface area contributed by atoms with Crippen molar-refractivity contribution in [1.29, 1.82) is 0 Å². The van der Waals surface area contributed by atoms with Gasteiger partial charge in [0.25, 0.3) is 0 Å². The molecule has 4 heteroatoms. The number of pyridine rings is 1. The standard InChI is InChI=1S/C11H18N2O.ClH/c1-11(2,8-14)10(12)7-9-5-3-4-6-13-9;/h3-6,10,14H,7-8,12H2,1-2H3;1H/t10-;/m1./s1. The van der Waals surface area contributed by atoms with Gasteiger partial charge >= 0.3 is 0 Å². The first-order valence-corrected chi connectivity index (χ1v) is 4.82. The van der Waals surface area contributed by atoms with Gasteiger partial charge in [0, 0.05) is 36.4 Å². The van der Waals surface area contributed by atoms with Crippen molar-refractivity contribution in [3.63, 3.8) is 0 Å². The lowest BCUT2D eigenvalue weighted by molar-refractivity contribution is 0.131. The van der Waals surface area contributed by atoms with Crippen LogP contribution in [0.4, 0.5) is 0 Å². The predicted molar refractivity (Wildman–Crippen MR) is 64.0 cm³/mol. The van der Waals surface area contributed by atoms with Crippen molar-refractivity contribution in [2.75, 3.05) is 6.61 Å². The maximum absolute atomic E-state index is 9.14. The molecule has 3 N–H and O–H groups in total. The fourth-order valence-electron chi connectivity index (χ4n) is 1.14. The van der Waals surface area contributed by atoms with E-state index in [1.165, 1.54) is 0 Å². The normalized spacial score (nSPS) is 13.1. The van der Waals surface area contributed by atoms with Gasteiger partial charge in [-0.3, -0.25) is 4.98 Å². The number of aromatic nitrogens is 1. The molecule has 0 aliphatic rings. The molecule has 0 radical (unpaired) electrons. The van der Waals surface area contributed by atoms with Gasteiger partial charge in [0.05, 0.1) is 0 Å². The summed E-state index contributed by atoms with van der Waals surface area (Å²) < 4.78 is 0. The van der Waals surface area contributed by atoms with Crippen LogP contribution in [0.2, 0.25) is 0 Å². The van der Waals surface area contributed by atoms with Gasteiger partial charge < -0.3 is 10.8 Å². The summed E-state index contributed by atoms with van der Waals surface area (Å²) in [6.45, 7) is 4.02. The van der Waals surface area contributed by atoms with E-state index in [1.807, 2.05) is 32.0 Å². The molecule has 1 aromatic heterocycles. The molecule has 1 heterocycles. The van der Waals surface area contributed by atoms with Gasteiger partial charge in [-0.15, -0.1) is 12.4 Å². The summed E-state index contributed by atoms with van der Waals surface area (Å²) in [4.78, 5) is 4.20. The molecule has 0 spiro atoms. The largest absolute Gasteiger partial charge is 0.396 e. The molecule has 0 amide bonds. The summed E-state index contributed by atoms with van der Waals surface area (Å²) in [6, 6.07) is 5.71. The van der Waals surface area contributed by atoms with Crippen molar-refractivity contribution < 1.29 is 5.11 Å². The number of hydrogen-bond donors (Lipinski definition) is 2. The molecule has 15 heavy (non-hydrogen) atoms. The third kappa shape index (κ3) is 4.16. The van der Waals surface area contributed by atoms with Gasteiger partial charge in [-0.2, -0.15) is 0 Å². The first-order valence-electron chi connectivity index (χ1n) is 4.82. The Kier molecular flexibility index (Phi) is 5.80. The molecule has 1 atom stereocenters. The van der Waals surface area contributed by atoms with Crippen molar-refractivity contribution in [2.24, 2.45) is 11.1 Å². The van der Waals surface area contributed by atoms with Crippen LogP contribution in [0, 0.1) is 5.41 Å². The summed E-state index contributed by atoms with van der Waals surface area (Å²) in [6.07, 6.45) is 2.46. The molecule has 0 bridgehead atoms. The molecule has 0 fully saturated rings. The van der Waals surface area contributed by atoms with Crippen LogP contribution in [0.15, 0.2) is 24.4 Å². The number of aliphatic hydroxyl groups is 1. The highest BCUT2D eigenvalue weighted by Crippen LogP contribution is 2.20. The minimum Gasteiger partial charge on any atom is -0.396 e. The summed E-state index contributed by atoms with van der Waals surface area (Å²) in [5.74, 6) is 0. The van der Waals surface area contributed by atoms with E-state index in [2.05, 4.69) is 4.98 Å². The molecule has 0 aliphatic carbocycles. The van der Waals surface area contributed by atoms with Crippen LogP contribution in [-0.2, 0) is 6.42 Å². The molecule has 86 valence electrons. The topological polar surface area (TPSA) is 59.1 Å². The van der Waals surface area contributed by atoms with Gasteiger partial charge in [-0.25, -0.2) is 0 Å². The van der Waals surface area contributed by atoms with Crippen molar-refractivity contribution in [3.05, 3.63) is 30.1 Å². The minimum atomic E-state index is -0.252. The second-order valence-electron chi connectivity index (χ2n) is 4.28. The Morgan fingerprint density at radius 3 is 2.60 bits per heavy atom. The van der Waals surface area contributed by atoms with Crippen molar-refractivity contribution in [3.8, 4) is 0 Å². The van der Waals surface area contributed by atoms with Crippen LogP contribution in [0.5, 0.6) is 0 Å². The third-order valence-corrected chi connectivity index (χ3v) is 2.57. The molecular formula is C11H19ClN2O. The lowest BCUT2D eigenvalue weighted by Gasteiger charge is -2.29. The summed E-state index contributed by atoms with van der Waals surface area (Å²) in [5, 5.41) is 9.14. The first kappa shape index (κ1) is 14.4. The van der Waals surface area contributed by atoms with Gasteiger partial charge in [-0.1, -0.05) is 19.9 Å². The van der Waals surface area contributed by atoms with Gasteiger partial charge in [0.2, 0.25) is 0 Å². The van der Waals surface area contributed by atoms with Crippen molar-refractivity contribution in [2.45, 2.75) is 26.3 Å². The zero-order chi connectivity index (χ0) is 10.6. The average Bonchev–Trinajstić information content (AvgIpc) is 2.19. The highest BCUT2D eigenvalue weighted by Gasteiger charge is 2.25. The molecule has 0 saturated carbocycles. The van der Waals surface area contributed by atoms with Crippen LogP contribution < -0.4 is 5.73 Å². The maximum Gasteiger partial charge on any atom is 0.0497 e. The quantitative estimate of drug-likeness (QED) is 0.822. The van der Waals surface area contributed by atoms with E-state index >= 15 is 0 Å². The number of rotatable bonds is 4. The predicted octanol–water partition coefficient (Wildman–Crippen LogP) is 1.39. The van der Waals surface area contributed by atoms with E-state index in [1.54, 1.807) is 6.20 Å². The van der Waals surface area contributed by atoms with Gasteiger partial charge in [0.1, 0.15) is 0 Å². The molecule has 1 rings (SSSR count). The number of hydrogen-bond acceptors (Lipinski definition) is 3. The second-order valence-corrected chi connectivity index (χ2v) is 4.28. The van der Waals surface area contributed by atoms with Crippen LogP contribution in [-0.4, -0.2) is 22.7 Å². The average molecular weight is 231 g/mol. The molecule has 0 aromatic carbocycles. The van der Waals surface area contributed by atoms with Gasteiger partial charge in [0.15, 0.2) is 0 Å². The molecule has 3 nitrogen and oxygen atoms in total. The Labute approximate surface area is 97.1 Å². The lowest BCUT2D eigenvalue weighted by atomic mass is 9.83. The second kappa shape index (κ2) is 6.05. The monoisotopic (exact) mass is 230 g/mol. The Bertz CT molecular complexity index is 277. The van der Waals surface area contributed by atoms with Crippen molar-refractivity contribution in [1.82, 2.24) is 4.98 Å². The molecule has 0 unspecified atom stereocenters. The Morgan fingerprint density at radius 2 is 2.13 bits per heavy atom. The summed E-state index contributed by atoms with van der Waals surface area (Å²) in [7, 11) is 0. The zero-order valence-electron chi connectivity index (χ0n) is 9.18. The molecule has 0 aliphatic heterocycles. The number of nitrogens with zero attached hydrogens (tertiary/aromatic N) is 1. The van der Waals surface area contributed by atoms with E-state index in [4.69, 9.17) is 10.8 Å². The van der Waals surface area contributed by atoms with E-state index in [0.29, 0.717) is 6.42 Å². The third-order valence-electron chi connectivity index (χ3n) is 2.57. The van der Waals surface area contributed by atoms with Gasteiger partial charge in [-0.05, 0) is 12.1 Å². The van der Waals surface area contributed by atoms with E-state index in [-0.39, 0.29) is 30.5 Å². The molecule has 0 saturated heterocycles. The number of aliphatic hydroxyl groups excluding tert-OH is 1. The highest BCUT2D eigenvalue weighted by molar-refractivity contribution is 5.85. The lowest BCUT2D eigenvalue weighted by Crippen LogP contribution is -2.41. The minimum absolute atomic E-state index is 0. The van der Waals surface area contributed by atoms with Crippen LogP contribution in [0.3, 0.4) is 0 Å². The SMILES string of the molecule is CC(C)(CO)[C@H](N)Cc1ccccn1.Cl. The highest BCUT2D eigenvalue weighted by atomic mass is 35.5. The van der Waals surface area contributed by atoms with E-state index in [0.717, 1.165) is 5.69 Å². The molecular weight excluding hydrogens is 212 g/mol. The summed E-state index contributed by atoms with van der Waals surface area (Å²) >= 11 is 0. The van der Waals surface area contributed by atoms with Crippen LogP contribution in [0.25, 0.3) is 0 Å².